The average molecular weight is 434 g/mol. The zero-order chi connectivity index (χ0) is 20.9. The summed E-state index contributed by atoms with van der Waals surface area (Å²) in [6.07, 6.45) is 1.72. The average Bonchev–Trinajstić information content (AvgIpc) is 3.26. The first-order valence-electron chi connectivity index (χ1n) is 9.53. The smallest absolute Gasteiger partial charge is 0.306 e. The molecule has 3 N–H and O–H groups in total. The third kappa shape index (κ3) is 3.39. The van der Waals surface area contributed by atoms with Crippen LogP contribution in [0.25, 0.3) is 11.1 Å². The molecular weight excluding hydrogens is 413 g/mol. The summed E-state index contributed by atoms with van der Waals surface area (Å²) in [7, 11) is 0. The molecule has 2 heterocycles. The fraction of sp³-hybridized carbons (Fsp3) is 0.381. The van der Waals surface area contributed by atoms with E-state index in [0.29, 0.717) is 58.2 Å². The molecule has 152 valence electrons. The van der Waals surface area contributed by atoms with Gasteiger partial charge in [0, 0.05) is 39.5 Å². The molecule has 0 saturated heterocycles. The normalized spacial score (nSPS) is 21.0. The number of benzene rings is 1. The van der Waals surface area contributed by atoms with Crippen LogP contribution < -0.4 is 5.73 Å². The van der Waals surface area contributed by atoms with Gasteiger partial charge >= 0.3 is 5.97 Å². The first-order valence-corrected chi connectivity index (χ1v) is 10.3. The zero-order valence-corrected chi connectivity index (χ0v) is 17.4. The summed E-state index contributed by atoms with van der Waals surface area (Å²) >= 11 is 12.5. The monoisotopic (exact) mass is 433 g/mol. The Morgan fingerprint density at radius 1 is 1.31 bits per heavy atom. The molecule has 29 heavy (non-hydrogen) atoms. The van der Waals surface area contributed by atoms with Crippen molar-refractivity contribution in [3.63, 3.8) is 0 Å². The van der Waals surface area contributed by atoms with Crippen LogP contribution in [0.2, 0.25) is 10.0 Å². The predicted octanol–water partition coefficient (Wildman–Crippen LogP) is 4.03. The summed E-state index contributed by atoms with van der Waals surface area (Å²) in [5.74, 6) is -1.35. The van der Waals surface area contributed by atoms with Crippen LogP contribution in [0.5, 0.6) is 0 Å². The number of carboxylic acid groups (broad SMARTS) is 1. The van der Waals surface area contributed by atoms with Gasteiger partial charge in [-0.25, -0.2) is 0 Å². The highest BCUT2D eigenvalue weighted by Gasteiger charge is 2.41. The highest BCUT2D eigenvalue weighted by atomic mass is 35.5. The maximum absolute atomic E-state index is 13.4. The van der Waals surface area contributed by atoms with Crippen LogP contribution in [-0.2, 0) is 17.9 Å². The van der Waals surface area contributed by atoms with Gasteiger partial charge in [0.15, 0.2) is 0 Å². The lowest BCUT2D eigenvalue weighted by Crippen LogP contribution is -2.34. The fourth-order valence-corrected chi connectivity index (χ4v) is 5.03. The molecular formula is C21H21Cl2N3O3. The summed E-state index contributed by atoms with van der Waals surface area (Å²) < 4.78 is 0. The van der Waals surface area contributed by atoms with Crippen molar-refractivity contribution < 1.29 is 14.7 Å². The lowest BCUT2D eigenvalue weighted by atomic mass is 9.93. The van der Waals surface area contributed by atoms with E-state index in [2.05, 4.69) is 4.98 Å². The molecule has 2 aliphatic rings. The molecule has 2 aromatic rings. The van der Waals surface area contributed by atoms with Crippen LogP contribution in [-0.4, -0.2) is 32.9 Å². The van der Waals surface area contributed by atoms with E-state index in [4.69, 9.17) is 28.9 Å². The summed E-state index contributed by atoms with van der Waals surface area (Å²) in [5.41, 5.74) is 10.2. The number of aryl methyl sites for hydroxylation is 1. The number of pyridine rings is 1. The van der Waals surface area contributed by atoms with Gasteiger partial charge in [0.2, 0.25) is 0 Å². The van der Waals surface area contributed by atoms with Crippen molar-refractivity contribution in [2.75, 3.05) is 0 Å². The van der Waals surface area contributed by atoms with Gasteiger partial charge in [0.25, 0.3) is 5.91 Å². The zero-order valence-electron chi connectivity index (χ0n) is 15.9. The van der Waals surface area contributed by atoms with E-state index in [-0.39, 0.29) is 18.5 Å². The molecule has 1 aliphatic carbocycles. The van der Waals surface area contributed by atoms with Gasteiger partial charge in [-0.15, -0.1) is 0 Å². The molecule has 2 unspecified atom stereocenters. The van der Waals surface area contributed by atoms with Crippen molar-refractivity contribution in [1.82, 2.24) is 9.88 Å². The minimum Gasteiger partial charge on any atom is -0.481 e. The number of carboxylic acids is 1. The topological polar surface area (TPSA) is 96.5 Å². The maximum atomic E-state index is 13.4. The number of hydrogen-bond acceptors (Lipinski definition) is 4. The Morgan fingerprint density at radius 3 is 2.69 bits per heavy atom. The second kappa shape index (κ2) is 7.59. The van der Waals surface area contributed by atoms with E-state index in [1.165, 1.54) is 0 Å². The van der Waals surface area contributed by atoms with Crippen LogP contribution >= 0.6 is 23.2 Å². The Labute approximate surface area is 178 Å². The highest BCUT2D eigenvalue weighted by molar-refractivity contribution is 6.36. The molecule has 0 bridgehead atoms. The van der Waals surface area contributed by atoms with Crippen LogP contribution in [0.3, 0.4) is 0 Å². The molecule has 4 rings (SSSR count). The number of carbonyl (C=O) groups is 2. The summed E-state index contributed by atoms with van der Waals surface area (Å²) in [5, 5.41) is 10.3. The minimum absolute atomic E-state index is 0.104. The molecule has 6 nitrogen and oxygen atoms in total. The van der Waals surface area contributed by atoms with Crippen LogP contribution in [0, 0.1) is 12.8 Å². The van der Waals surface area contributed by atoms with Gasteiger partial charge in [0.1, 0.15) is 0 Å². The standard InChI is InChI=1S/C21H21Cl2N3O3/c1-10-15(8-24)18(14-5-3-12(22)7-16(14)23)19-17(25-10)9-26(20(19)27)13-4-2-11(6-13)21(28)29/h3,5,7,11,13H,2,4,6,8-9,24H2,1H3,(H,28,29). The van der Waals surface area contributed by atoms with Crippen molar-refractivity contribution in [3.05, 3.63) is 50.8 Å². The summed E-state index contributed by atoms with van der Waals surface area (Å²) in [6.45, 7) is 2.46. The number of aliphatic carboxylic acids is 1. The Balaban J connectivity index is 1.81. The van der Waals surface area contributed by atoms with Crippen LogP contribution in [0.4, 0.5) is 0 Å². The molecule has 1 aromatic heterocycles. The molecule has 1 aliphatic heterocycles. The third-order valence-electron chi connectivity index (χ3n) is 5.97. The van der Waals surface area contributed by atoms with Gasteiger partial charge in [-0.3, -0.25) is 14.6 Å². The lowest BCUT2D eigenvalue weighted by molar-refractivity contribution is -0.141. The summed E-state index contributed by atoms with van der Waals surface area (Å²) in [4.78, 5) is 31.2. The van der Waals surface area contributed by atoms with Crippen molar-refractivity contribution in [2.24, 2.45) is 11.7 Å². The van der Waals surface area contributed by atoms with Crippen molar-refractivity contribution in [1.29, 1.82) is 0 Å². The molecule has 1 aromatic carbocycles. The quantitative estimate of drug-likeness (QED) is 0.758. The molecule has 8 heteroatoms. The second-order valence-electron chi connectivity index (χ2n) is 7.64. The molecule has 2 atom stereocenters. The van der Waals surface area contributed by atoms with E-state index in [1.807, 2.05) is 6.92 Å². The number of halogens is 2. The minimum atomic E-state index is -0.801. The predicted molar refractivity (Wildman–Crippen MR) is 111 cm³/mol. The first kappa shape index (κ1) is 20.1. The third-order valence-corrected chi connectivity index (χ3v) is 6.52. The molecule has 1 amide bonds. The number of fused-ring (bicyclic) bond motifs is 1. The van der Waals surface area contributed by atoms with Gasteiger partial charge in [-0.05, 0) is 43.9 Å². The van der Waals surface area contributed by atoms with Gasteiger partial charge < -0.3 is 15.7 Å². The lowest BCUT2D eigenvalue weighted by Gasteiger charge is -2.23. The largest absolute Gasteiger partial charge is 0.481 e. The number of amides is 1. The fourth-order valence-electron chi connectivity index (χ4n) is 4.52. The van der Waals surface area contributed by atoms with E-state index in [0.717, 1.165) is 11.3 Å². The van der Waals surface area contributed by atoms with Crippen LogP contribution in [0.1, 0.15) is 46.6 Å². The van der Waals surface area contributed by atoms with E-state index in [1.54, 1.807) is 23.1 Å². The number of rotatable bonds is 4. The molecule has 0 radical (unpaired) electrons. The summed E-state index contributed by atoms with van der Waals surface area (Å²) in [6, 6.07) is 5.07. The number of aromatic nitrogens is 1. The Hall–Kier alpha value is -2.15. The Morgan fingerprint density at radius 2 is 2.07 bits per heavy atom. The maximum Gasteiger partial charge on any atom is 0.306 e. The molecule has 1 saturated carbocycles. The van der Waals surface area contributed by atoms with E-state index >= 15 is 0 Å². The van der Waals surface area contributed by atoms with Gasteiger partial charge in [-0.1, -0.05) is 29.3 Å². The Kier molecular flexibility index (Phi) is 5.27. The first-order chi connectivity index (χ1) is 13.8. The Bertz CT molecular complexity index is 1020. The number of hydrogen-bond donors (Lipinski definition) is 2. The molecule has 0 spiro atoms. The number of nitrogens with zero attached hydrogens (tertiary/aromatic N) is 2. The second-order valence-corrected chi connectivity index (χ2v) is 8.48. The number of nitrogens with two attached hydrogens (primary N) is 1. The van der Waals surface area contributed by atoms with Gasteiger partial charge in [0.05, 0.1) is 23.7 Å². The number of carbonyl (C=O) groups excluding carboxylic acids is 1. The van der Waals surface area contributed by atoms with Crippen molar-refractivity contribution in [3.8, 4) is 11.1 Å². The highest BCUT2D eigenvalue weighted by Crippen LogP contribution is 2.42. The SMILES string of the molecule is Cc1nc2c(c(-c3ccc(Cl)cc3Cl)c1CN)C(=O)N(C1CCC(C(=O)O)C1)C2. The van der Waals surface area contributed by atoms with Crippen LogP contribution in [0.15, 0.2) is 18.2 Å². The van der Waals surface area contributed by atoms with Gasteiger partial charge in [-0.2, -0.15) is 0 Å². The van der Waals surface area contributed by atoms with E-state index < -0.39 is 11.9 Å². The van der Waals surface area contributed by atoms with Crippen molar-refractivity contribution >= 4 is 35.1 Å². The van der Waals surface area contributed by atoms with Crippen molar-refractivity contribution in [2.45, 2.75) is 45.3 Å². The molecule has 1 fully saturated rings. The van der Waals surface area contributed by atoms with E-state index in [9.17, 15) is 14.7 Å².